The molecule has 3 rings (SSSR count). The van der Waals surface area contributed by atoms with Gasteiger partial charge in [0, 0.05) is 25.2 Å². The third-order valence-corrected chi connectivity index (χ3v) is 7.07. The highest BCUT2D eigenvalue weighted by molar-refractivity contribution is 7.89. The molecule has 1 fully saturated rings. The van der Waals surface area contributed by atoms with Crippen LogP contribution in [-0.2, 0) is 16.6 Å². The van der Waals surface area contributed by atoms with Crippen molar-refractivity contribution in [1.82, 2.24) is 9.62 Å². The Morgan fingerprint density at radius 1 is 1.20 bits per heavy atom. The lowest BCUT2D eigenvalue weighted by Crippen LogP contribution is -2.35. The molecule has 5 nitrogen and oxygen atoms in total. The first-order valence-corrected chi connectivity index (χ1v) is 10.8. The highest BCUT2D eigenvalue weighted by atomic mass is 32.2. The highest BCUT2D eigenvalue weighted by Crippen LogP contribution is 2.23. The van der Waals surface area contributed by atoms with Crippen LogP contribution in [0.5, 0.6) is 0 Å². The second-order valence-corrected chi connectivity index (χ2v) is 8.97. The minimum atomic E-state index is -3.54. The number of thiophene rings is 1. The number of carbonyl (C=O) groups excluding carboxylic acids is 1. The first-order chi connectivity index (χ1) is 12.0. The van der Waals surface area contributed by atoms with E-state index in [0.29, 0.717) is 25.2 Å². The van der Waals surface area contributed by atoms with Crippen LogP contribution in [0.4, 0.5) is 0 Å². The maximum atomic E-state index is 12.8. The van der Waals surface area contributed by atoms with E-state index in [1.165, 1.54) is 10.4 Å². The number of nitrogens with one attached hydrogen (secondary N) is 1. The van der Waals surface area contributed by atoms with E-state index in [-0.39, 0.29) is 10.8 Å². The van der Waals surface area contributed by atoms with E-state index < -0.39 is 10.0 Å². The van der Waals surface area contributed by atoms with Gasteiger partial charge in [-0.25, -0.2) is 8.42 Å². The van der Waals surface area contributed by atoms with E-state index >= 15 is 0 Å². The smallest absolute Gasteiger partial charge is 0.251 e. The van der Waals surface area contributed by atoms with E-state index in [1.54, 1.807) is 23.5 Å². The molecule has 7 heteroatoms. The Morgan fingerprint density at radius 2 is 1.96 bits per heavy atom. The van der Waals surface area contributed by atoms with Crippen LogP contribution in [0.1, 0.15) is 40.7 Å². The van der Waals surface area contributed by atoms with Crippen molar-refractivity contribution in [3.8, 4) is 0 Å². The second kappa shape index (κ2) is 7.68. The van der Waals surface area contributed by atoms with E-state index in [2.05, 4.69) is 5.32 Å². The molecule has 0 radical (unpaired) electrons. The second-order valence-electron chi connectivity index (χ2n) is 6.26. The Morgan fingerprint density at radius 3 is 2.64 bits per heavy atom. The van der Waals surface area contributed by atoms with E-state index in [9.17, 15) is 13.2 Å². The molecule has 1 aliphatic rings. The maximum Gasteiger partial charge on any atom is 0.251 e. The normalized spacial score (nSPS) is 15.9. The van der Waals surface area contributed by atoms with Gasteiger partial charge in [-0.2, -0.15) is 15.6 Å². The zero-order valence-corrected chi connectivity index (χ0v) is 15.8. The average molecular weight is 379 g/mol. The van der Waals surface area contributed by atoms with Crippen molar-refractivity contribution in [2.45, 2.75) is 37.6 Å². The summed E-state index contributed by atoms with van der Waals surface area (Å²) in [5, 5.41) is 6.79. The van der Waals surface area contributed by atoms with Crippen LogP contribution in [0.3, 0.4) is 0 Å². The van der Waals surface area contributed by atoms with E-state index in [4.69, 9.17) is 0 Å². The Hall–Kier alpha value is -1.70. The van der Waals surface area contributed by atoms with E-state index in [0.717, 1.165) is 30.4 Å². The van der Waals surface area contributed by atoms with Crippen molar-refractivity contribution >= 4 is 27.3 Å². The molecule has 0 unspecified atom stereocenters. The summed E-state index contributed by atoms with van der Waals surface area (Å²) < 4.78 is 27.1. The summed E-state index contributed by atoms with van der Waals surface area (Å²) in [6.07, 6.45) is 2.84. The number of benzene rings is 1. The maximum absolute atomic E-state index is 12.8. The Balaban J connectivity index is 1.81. The number of amides is 1. The van der Waals surface area contributed by atoms with Gasteiger partial charge in [-0.1, -0.05) is 12.5 Å². The van der Waals surface area contributed by atoms with Gasteiger partial charge < -0.3 is 5.32 Å². The van der Waals surface area contributed by atoms with Gasteiger partial charge in [0.05, 0.1) is 4.90 Å². The average Bonchev–Trinajstić information content (AvgIpc) is 3.14. The summed E-state index contributed by atoms with van der Waals surface area (Å²) in [5.41, 5.74) is 2.21. The molecule has 1 aromatic carbocycles. The molecule has 1 aliphatic heterocycles. The summed E-state index contributed by atoms with van der Waals surface area (Å²) in [4.78, 5) is 12.7. The predicted molar refractivity (Wildman–Crippen MR) is 99.3 cm³/mol. The van der Waals surface area contributed by atoms with Crippen LogP contribution in [0, 0.1) is 6.92 Å². The number of carbonyl (C=O) groups is 1. The number of rotatable bonds is 5. The number of piperidine rings is 1. The monoisotopic (exact) mass is 378 g/mol. The third-order valence-electron chi connectivity index (χ3n) is 4.44. The summed E-state index contributed by atoms with van der Waals surface area (Å²) in [5.74, 6) is -0.251. The Bertz CT molecular complexity index is 839. The number of sulfonamides is 1. The van der Waals surface area contributed by atoms with Gasteiger partial charge in [0.1, 0.15) is 0 Å². The van der Waals surface area contributed by atoms with Gasteiger partial charge in [-0.15, -0.1) is 0 Å². The lowest BCUT2D eigenvalue weighted by Gasteiger charge is -2.26. The molecule has 134 valence electrons. The number of hydrogen-bond donors (Lipinski definition) is 1. The standard InChI is InChI=1S/C18H22N2O3S2/c1-14-5-6-16(25(22,23)20-8-3-2-4-9-20)11-17(14)18(21)19-12-15-7-10-24-13-15/h5-7,10-11,13H,2-4,8-9,12H2,1H3,(H,19,21). The zero-order chi connectivity index (χ0) is 17.9. The minimum Gasteiger partial charge on any atom is -0.348 e. The predicted octanol–water partition coefficient (Wildman–Crippen LogP) is 3.16. The molecule has 2 aromatic rings. The fourth-order valence-electron chi connectivity index (χ4n) is 2.93. The number of hydrogen-bond acceptors (Lipinski definition) is 4. The fourth-order valence-corrected chi connectivity index (χ4v) is 5.14. The Labute approximate surface area is 152 Å². The SMILES string of the molecule is Cc1ccc(S(=O)(=O)N2CCCCC2)cc1C(=O)NCc1ccsc1. The molecule has 0 atom stereocenters. The first kappa shape index (κ1) is 18.1. The summed E-state index contributed by atoms with van der Waals surface area (Å²) in [7, 11) is -3.54. The van der Waals surface area contributed by atoms with Gasteiger partial charge in [0.2, 0.25) is 10.0 Å². The molecular weight excluding hydrogens is 356 g/mol. The van der Waals surface area contributed by atoms with Gasteiger partial charge >= 0.3 is 0 Å². The molecule has 0 spiro atoms. The quantitative estimate of drug-likeness (QED) is 0.869. The van der Waals surface area contributed by atoms with Crippen molar-refractivity contribution in [3.05, 3.63) is 51.7 Å². The molecule has 1 saturated heterocycles. The van der Waals surface area contributed by atoms with Crippen LogP contribution < -0.4 is 5.32 Å². The molecule has 1 N–H and O–H groups in total. The van der Waals surface area contributed by atoms with Gasteiger partial charge in [0.15, 0.2) is 0 Å². The van der Waals surface area contributed by atoms with Crippen LogP contribution in [0.2, 0.25) is 0 Å². The van der Waals surface area contributed by atoms with Crippen LogP contribution in [0.15, 0.2) is 39.9 Å². The first-order valence-electron chi connectivity index (χ1n) is 8.38. The van der Waals surface area contributed by atoms with Gasteiger partial charge in [-0.05, 0) is 59.9 Å². The van der Waals surface area contributed by atoms with Gasteiger partial charge in [-0.3, -0.25) is 4.79 Å². The molecule has 1 amide bonds. The fraction of sp³-hybridized carbons (Fsp3) is 0.389. The van der Waals surface area contributed by atoms with Crippen molar-refractivity contribution in [2.75, 3.05) is 13.1 Å². The summed E-state index contributed by atoms with van der Waals surface area (Å²) in [6.45, 7) is 3.35. The molecule has 2 heterocycles. The molecule has 25 heavy (non-hydrogen) atoms. The highest BCUT2D eigenvalue weighted by Gasteiger charge is 2.27. The lowest BCUT2D eigenvalue weighted by atomic mass is 10.1. The van der Waals surface area contributed by atoms with Crippen LogP contribution >= 0.6 is 11.3 Å². The molecule has 0 saturated carbocycles. The number of aryl methyl sites for hydroxylation is 1. The Kier molecular flexibility index (Phi) is 5.56. The van der Waals surface area contributed by atoms with E-state index in [1.807, 2.05) is 23.8 Å². The van der Waals surface area contributed by atoms with Gasteiger partial charge in [0.25, 0.3) is 5.91 Å². The van der Waals surface area contributed by atoms with Crippen molar-refractivity contribution in [1.29, 1.82) is 0 Å². The molecule has 0 bridgehead atoms. The zero-order valence-electron chi connectivity index (χ0n) is 14.2. The number of nitrogens with zero attached hydrogens (tertiary/aromatic N) is 1. The molecular formula is C18H22N2O3S2. The molecule has 0 aliphatic carbocycles. The third kappa shape index (κ3) is 4.11. The van der Waals surface area contributed by atoms with Crippen molar-refractivity contribution in [3.63, 3.8) is 0 Å². The van der Waals surface area contributed by atoms with Crippen molar-refractivity contribution in [2.24, 2.45) is 0 Å². The lowest BCUT2D eigenvalue weighted by molar-refractivity contribution is 0.0950. The molecule has 1 aromatic heterocycles. The van der Waals surface area contributed by atoms with Crippen molar-refractivity contribution < 1.29 is 13.2 Å². The minimum absolute atomic E-state index is 0.195. The van der Waals surface area contributed by atoms with Crippen LogP contribution in [0.25, 0.3) is 0 Å². The van der Waals surface area contributed by atoms with Crippen LogP contribution in [-0.4, -0.2) is 31.7 Å². The summed E-state index contributed by atoms with van der Waals surface area (Å²) >= 11 is 1.58. The largest absolute Gasteiger partial charge is 0.348 e. The topological polar surface area (TPSA) is 66.5 Å². The summed E-state index contributed by atoms with van der Waals surface area (Å²) in [6, 6.07) is 6.75.